The van der Waals surface area contributed by atoms with Crippen LogP contribution in [0.2, 0.25) is 0 Å². The van der Waals surface area contributed by atoms with E-state index in [0.29, 0.717) is 43.4 Å². The van der Waals surface area contributed by atoms with Crippen molar-refractivity contribution < 1.29 is 13.2 Å². The Labute approximate surface area is 157 Å². The van der Waals surface area contributed by atoms with Crippen LogP contribution in [0.1, 0.15) is 60.8 Å². The van der Waals surface area contributed by atoms with Crippen molar-refractivity contribution in [3.63, 3.8) is 0 Å². The second-order valence-electron chi connectivity index (χ2n) is 7.87. The standard InChI is InChI=1S/C19H31N3O3S/c1-14-8-12-21(13-9-14)19(23)17-15(2)20(4)16(3)18(17)26(24,25)22-10-6-5-7-11-22/h14H,5-13H2,1-4H3. The summed E-state index contributed by atoms with van der Waals surface area (Å²) in [7, 11) is -1.81. The molecule has 3 heterocycles. The van der Waals surface area contributed by atoms with E-state index < -0.39 is 10.0 Å². The average Bonchev–Trinajstić information content (AvgIpc) is 2.87. The zero-order valence-corrected chi connectivity index (χ0v) is 17.2. The molecular formula is C19H31N3O3S. The lowest BCUT2D eigenvalue weighted by Crippen LogP contribution is -2.40. The van der Waals surface area contributed by atoms with E-state index in [-0.39, 0.29) is 10.8 Å². The second-order valence-corrected chi connectivity index (χ2v) is 9.75. The van der Waals surface area contributed by atoms with Crippen molar-refractivity contribution in [1.82, 2.24) is 13.8 Å². The van der Waals surface area contributed by atoms with Gasteiger partial charge in [-0.2, -0.15) is 4.31 Å². The van der Waals surface area contributed by atoms with Gasteiger partial charge in [0.25, 0.3) is 5.91 Å². The number of carbonyl (C=O) groups is 1. The largest absolute Gasteiger partial charge is 0.350 e. The summed E-state index contributed by atoms with van der Waals surface area (Å²) in [5.41, 5.74) is 1.77. The highest BCUT2D eigenvalue weighted by Crippen LogP contribution is 2.32. The predicted molar refractivity (Wildman–Crippen MR) is 102 cm³/mol. The maximum absolute atomic E-state index is 13.4. The van der Waals surface area contributed by atoms with Gasteiger partial charge in [0.2, 0.25) is 10.0 Å². The summed E-state index contributed by atoms with van der Waals surface area (Å²) in [4.78, 5) is 15.3. The number of amides is 1. The number of sulfonamides is 1. The fourth-order valence-electron chi connectivity index (χ4n) is 4.09. The van der Waals surface area contributed by atoms with E-state index in [1.165, 1.54) is 0 Å². The normalized spacial score (nSPS) is 20.5. The van der Waals surface area contributed by atoms with Gasteiger partial charge in [-0.3, -0.25) is 4.79 Å². The molecule has 2 fully saturated rings. The summed E-state index contributed by atoms with van der Waals surface area (Å²) >= 11 is 0. The molecule has 7 heteroatoms. The van der Waals surface area contributed by atoms with E-state index in [1.54, 1.807) is 11.2 Å². The van der Waals surface area contributed by atoms with Crippen LogP contribution in [0, 0.1) is 19.8 Å². The molecule has 146 valence electrons. The first-order chi connectivity index (χ1) is 12.2. The van der Waals surface area contributed by atoms with Gasteiger partial charge in [0.15, 0.2) is 0 Å². The molecule has 1 aromatic heterocycles. The van der Waals surface area contributed by atoms with E-state index >= 15 is 0 Å². The Hall–Kier alpha value is -1.34. The monoisotopic (exact) mass is 381 g/mol. The highest BCUT2D eigenvalue weighted by molar-refractivity contribution is 7.89. The van der Waals surface area contributed by atoms with Gasteiger partial charge in [0, 0.05) is 44.6 Å². The van der Waals surface area contributed by atoms with Crippen molar-refractivity contribution in [2.45, 2.75) is 57.8 Å². The van der Waals surface area contributed by atoms with Gasteiger partial charge in [0.1, 0.15) is 4.90 Å². The molecule has 2 aliphatic rings. The summed E-state index contributed by atoms with van der Waals surface area (Å²) in [6.07, 6.45) is 4.79. The average molecular weight is 382 g/mol. The molecule has 1 amide bonds. The molecule has 1 aromatic rings. The van der Waals surface area contributed by atoms with Crippen molar-refractivity contribution in [3.8, 4) is 0 Å². The number of hydrogen-bond acceptors (Lipinski definition) is 3. The molecule has 0 unspecified atom stereocenters. The van der Waals surface area contributed by atoms with Crippen molar-refractivity contribution in [3.05, 3.63) is 17.0 Å². The van der Waals surface area contributed by atoms with Crippen LogP contribution in [0.15, 0.2) is 4.90 Å². The molecule has 0 saturated carbocycles. The van der Waals surface area contributed by atoms with E-state index in [0.717, 1.165) is 37.8 Å². The smallest absolute Gasteiger partial charge is 0.257 e. The molecule has 0 aromatic carbocycles. The van der Waals surface area contributed by atoms with E-state index in [4.69, 9.17) is 0 Å². The quantitative estimate of drug-likeness (QED) is 0.809. The molecule has 0 N–H and O–H groups in total. The number of hydrogen-bond donors (Lipinski definition) is 0. The third kappa shape index (κ3) is 3.31. The van der Waals surface area contributed by atoms with Gasteiger partial charge >= 0.3 is 0 Å². The zero-order chi connectivity index (χ0) is 19.1. The Morgan fingerprint density at radius 1 is 0.962 bits per heavy atom. The Bertz CT molecular complexity index is 783. The van der Waals surface area contributed by atoms with Gasteiger partial charge in [-0.05, 0) is 45.4 Å². The summed E-state index contributed by atoms with van der Waals surface area (Å²) in [6, 6.07) is 0. The first-order valence-corrected chi connectivity index (χ1v) is 11.1. The molecule has 0 atom stereocenters. The van der Waals surface area contributed by atoms with E-state index in [1.807, 2.05) is 23.4 Å². The number of likely N-dealkylation sites (tertiary alicyclic amines) is 1. The maximum Gasteiger partial charge on any atom is 0.257 e. The molecule has 2 saturated heterocycles. The maximum atomic E-state index is 13.4. The number of aromatic nitrogens is 1. The molecule has 2 aliphatic heterocycles. The minimum atomic E-state index is -3.65. The summed E-state index contributed by atoms with van der Waals surface area (Å²) in [6.45, 7) is 8.36. The van der Waals surface area contributed by atoms with Crippen molar-refractivity contribution in [1.29, 1.82) is 0 Å². The topological polar surface area (TPSA) is 62.6 Å². The van der Waals surface area contributed by atoms with Crippen molar-refractivity contribution in [2.24, 2.45) is 13.0 Å². The number of carbonyl (C=O) groups excluding carboxylic acids is 1. The van der Waals surface area contributed by atoms with Crippen LogP contribution >= 0.6 is 0 Å². The van der Waals surface area contributed by atoms with Crippen LogP contribution in [0.4, 0.5) is 0 Å². The highest BCUT2D eigenvalue weighted by Gasteiger charge is 2.37. The Morgan fingerprint density at radius 2 is 1.54 bits per heavy atom. The minimum Gasteiger partial charge on any atom is -0.350 e. The van der Waals surface area contributed by atoms with Crippen LogP contribution in [0.25, 0.3) is 0 Å². The molecule has 6 nitrogen and oxygen atoms in total. The summed E-state index contributed by atoms with van der Waals surface area (Å²) in [5, 5.41) is 0. The van der Waals surface area contributed by atoms with Crippen LogP contribution < -0.4 is 0 Å². The Morgan fingerprint density at radius 3 is 2.12 bits per heavy atom. The number of nitrogens with zero attached hydrogens (tertiary/aromatic N) is 3. The SMILES string of the molecule is Cc1c(C(=O)N2CCC(C)CC2)c(S(=O)(=O)N2CCCCC2)c(C)n1C. The molecule has 26 heavy (non-hydrogen) atoms. The molecule has 0 spiro atoms. The van der Waals surface area contributed by atoms with Crippen LogP contribution in [-0.2, 0) is 17.1 Å². The van der Waals surface area contributed by atoms with Gasteiger partial charge in [-0.15, -0.1) is 0 Å². The van der Waals surface area contributed by atoms with Gasteiger partial charge < -0.3 is 9.47 Å². The van der Waals surface area contributed by atoms with Crippen molar-refractivity contribution in [2.75, 3.05) is 26.2 Å². The lowest BCUT2D eigenvalue weighted by atomic mass is 9.98. The zero-order valence-electron chi connectivity index (χ0n) is 16.4. The molecule has 0 radical (unpaired) electrons. The first kappa shape index (κ1) is 19.4. The van der Waals surface area contributed by atoms with Gasteiger partial charge in [-0.25, -0.2) is 8.42 Å². The lowest BCUT2D eigenvalue weighted by molar-refractivity contribution is 0.0692. The van der Waals surface area contributed by atoms with E-state index in [9.17, 15) is 13.2 Å². The fraction of sp³-hybridized carbons (Fsp3) is 0.737. The Kier molecular flexibility index (Phi) is 5.49. The molecule has 3 rings (SSSR count). The van der Waals surface area contributed by atoms with Gasteiger partial charge in [-0.1, -0.05) is 13.3 Å². The first-order valence-electron chi connectivity index (χ1n) is 9.70. The van der Waals surface area contributed by atoms with Gasteiger partial charge in [0.05, 0.1) is 5.56 Å². The van der Waals surface area contributed by atoms with Crippen molar-refractivity contribution >= 4 is 15.9 Å². The lowest BCUT2D eigenvalue weighted by Gasteiger charge is -2.31. The fourth-order valence-corrected chi connectivity index (χ4v) is 6.09. The number of piperidine rings is 2. The summed E-state index contributed by atoms with van der Waals surface area (Å²) in [5.74, 6) is 0.489. The molecule has 0 aliphatic carbocycles. The van der Waals surface area contributed by atoms with Crippen LogP contribution in [-0.4, -0.2) is 54.3 Å². The minimum absolute atomic E-state index is 0.131. The Balaban J connectivity index is 2.03. The number of rotatable bonds is 3. The molecular weight excluding hydrogens is 350 g/mol. The van der Waals surface area contributed by atoms with Crippen LogP contribution in [0.5, 0.6) is 0 Å². The van der Waals surface area contributed by atoms with Crippen LogP contribution in [0.3, 0.4) is 0 Å². The predicted octanol–water partition coefficient (Wildman–Crippen LogP) is 2.69. The van der Waals surface area contributed by atoms with E-state index in [2.05, 4.69) is 6.92 Å². The highest BCUT2D eigenvalue weighted by atomic mass is 32.2. The third-order valence-corrected chi connectivity index (χ3v) is 8.18. The third-order valence-electron chi connectivity index (χ3n) is 6.12. The second kappa shape index (κ2) is 7.35. The molecule has 0 bridgehead atoms. The summed E-state index contributed by atoms with van der Waals surface area (Å²) < 4.78 is 30.2.